The molecule has 1 aromatic carbocycles. The topological polar surface area (TPSA) is 105 Å². The lowest BCUT2D eigenvalue weighted by Crippen LogP contribution is -2.65. The van der Waals surface area contributed by atoms with Crippen LogP contribution < -0.4 is 19.7 Å². The van der Waals surface area contributed by atoms with E-state index >= 15 is 0 Å². The number of hydrogen-bond donors (Lipinski definition) is 1. The van der Waals surface area contributed by atoms with Crippen molar-refractivity contribution in [3.63, 3.8) is 0 Å². The standard InChI is InChI=1S/C35H44FN7O4/c1-4-43(23(2)3)34(44)27-13-24(36)5-6-30(27)47-32-17-38-22-40-33(32)42-20-35(21-42)14-25(15-35)46-31-7-9-39-29-8-11-41(19-28(29)31)18-26-16-37-10-12-45-26/h5-7,9,13,17,22-23,25-26,37H,4,8,10-12,14-16,18-21H2,1-3H3/t26-/m0/s1. The number of halogens is 1. The third-order valence-electron chi connectivity index (χ3n) is 9.86. The van der Waals surface area contributed by atoms with Crippen LogP contribution in [0.25, 0.3) is 0 Å². The van der Waals surface area contributed by atoms with Gasteiger partial charge in [0, 0.05) is 87.7 Å². The summed E-state index contributed by atoms with van der Waals surface area (Å²) in [6.07, 6.45) is 8.19. The van der Waals surface area contributed by atoms with Gasteiger partial charge in [-0.3, -0.25) is 14.7 Å². The maximum atomic E-state index is 14.3. The number of fused-ring (bicyclic) bond motifs is 1. The molecule has 1 spiro atoms. The highest BCUT2D eigenvalue weighted by atomic mass is 19.1. The predicted octanol–water partition coefficient (Wildman–Crippen LogP) is 4.07. The number of nitrogens with zero attached hydrogens (tertiary/aromatic N) is 6. The van der Waals surface area contributed by atoms with E-state index in [-0.39, 0.29) is 40.9 Å². The van der Waals surface area contributed by atoms with Gasteiger partial charge < -0.3 is 29.3 Å². The Bertz CT molecular complexity index is 1590. The molecular formula is C35H44FN7O4. The predicted molar refractivity (Wildman–Crippen MR) is 174 cm³/mol. The van der Waals surface area contributed by atoms with Gasteiger partial charge in [0.1, 0.15) is 29.7 Å². The van der Waals surface area contributed by atoms with Gasteiger partial charge in [-0.1, -0.05) is 0 Å². The van der Waals surface area contributed by atoms with Gasteiger partial charge in [-0.05, 0) is 57.9 Å². The summed E-state index contributed by atoms with van der Waals surface area (Å²) in [6, 6.07) is 6.01. The van der Waals surface area contributed by atoms with E-state index in [1.54, 1.807) is 11.1 Å². The first kappa shape index (κ1) is 31.7. The lowest BCUT2D eigenvalue weighted by Gasteiger charge is -2.59. The minimum atomic E-state index is -0.493. The average molecular weight is 646 g/mol. The Kier molecular flexibility index (Phi) is 8.99. The second kappa shape index (κ2) is 13.3. The van der Waals surface area contributed by atoms with Crippen molar-refractivity contribution in [2.45, 2.75) is 64.8 Å². The van der Waals surface area contributed by atoms with Crippen LogP contribution in [-0.2, 0) is 17.7 Å². The number of ether oxygens (including phenoxy) is 3. The van der Waals surface area contributed by atoms with Crippen LogP contribution in [0.5, 0.6) is 17.2 Å². The van der Waals surface area contributed by atoms with Gasteiger partial charge in [0.2, 0.25) is 0 Å². The fraction of sp³-hybridized carbons (Fsp3) is 0.543. The van der Waals surface area contributed by atoms with Gasteiger partial charge in [-0.2, -0.15) is 0 Å². The molecule has 11 nitrogen and oxygen atoms in total. The third-order valence-corrected chi connectivity index (χ3v) is 9.86. The Labute approximate surface area is 275 Å². The van der Waals surface area contributed by atoms with Crippen LogP contribution in [0.3, 0.4) is 0 Å². The molecule has 1 amide bonds. The van der Waals surface area contributed by atoms with Crippen LogP contribution >= 0.6 is 0 Å². The number of carbonyl (C=O) groups is 1. The van der Waals surface area contributed by atoms with Gasteiger partial charge >= 0.3 is 0 Å². The Balaban J connectivity index is 0.978. The van der Waals surface area contributed by atoms with Crippen LogP contribution in [0, 0.1) is 11.2 Å². The molecule has 12 heteroatoms. The van der Waals surface area contributed by atoms with Crippen molar-refractivity contribution >= 4 is 11.7 Å². The Morgan fingerprint density at radius 3 is 2.81 bits per heavy atom. The summed E-state index contributed by atoms with van der Waals surface area (Å²) in [5.74, 6) is 1.56. The van der Waals surface area contributed by atoms with Crippen molar-refractivity contribution in [1.82, 2.24) is 30.1 Å². The summed E-state index contributed by atoms with van der Waals surface area (Å²) in [7, 11) is 0. The van der Waals surface area contributed by atoms with Crippen molar-refractivity contribution < 1.29 is 23.4 Å². The third kappa shape index (κ3) is 6.63. The van der Waals surface area contributed by atoms with Crippen LogP contribution in [0.4, 0.5) is 10.2 Å². The summed E-state index contributed by atoms with van der Waals surface area (Å²) in [5, 5.41) is 3.43. The molecule has 1 saturated carbocycles. The molecule has 1 atom stereocenters. The van der Waals surface area contributed by atoms with Crippen LogP contribution in [0.15, 0.2) is 43.0 Å². The molecule has 0 bridgehead atoms. The van der Waals surface area contributed by atoms with E-state index in [1.807, 2.05) is 33.0 Å². The molecular weight excluding hydrogens is 601 g/mol. The Morgan fingerprint density at radius 2 is 2.04 bits per heavy atom. The zero-order valence-electron chi connectivity index (χ0n) is 27.5. The number of carbonyl (C=O) groups excluding carboxylic acids is 1. The van der Waals surface area contributed by atoms with Crippen molar-refractivity contribution in [3.8, 4) is 17.2 Å². The summed E-state index contributed by atoms with van der Waals surface area (Å²) in [6.45, 7) is 13.2. The monoisotopic (exact) mass is 645 g/mol. The van der Waals surface area contributed by atoms with E-state index in [4.69, 9.17) is 14.2 Å². The molecule has 0 radical (unpaired) electrons. The minimum Gasteiger partial charge on any atom is -0.490 e. The summed E-state index contributed by atoms with van der Waals surface area (Å²) in [5.41, 5.74) is 2.68. The number of aromatic nitrogens is 3. The second-order valence-corrected chi connectivity index (χ2v) is 13.6. The first-order chi connectivity index (χ1) is 22.8. The number of morpholine rings is 1. The average Bonchev–Trinajstić information content (AvgIpc) is 3.03. The lowest BCUT2D eigenvalue weighted by atomic mass is 9.61. The van der Waals surface area contributed by atoms with Crippen LogP contribution in [-0.4, -0.2) is 101 Å². The van der Waals surface area contributed by atoms with Crippen molar-refractivity contribution in [3.05, 3.63) is 65.6 Å². The number of rotatable bonds is 10. The molecule has 4 aliphatic rings. The van der Waals surface area contributed by atoms with E-state index in [0.717, 1.165) is 83.1 Å². The Hall–Kier alpha value is -3.87. The lowest BCUT2D eigenvalue weighted by molar-refractivity contribution is -0.0356. The fourth-order valence-corrected chi connectivity index (χ4v) is 7.49. The molecule has 3 aromatic rings. The number of pyridine rings is 1. The first-order valence-electron chi connectivity index (χ1n) is 16.8. The molecule has 2 saturated heterocycles. The van der Waals surface area contributed by atoms with E-state index in [0.29, 0.717) is 18.1 Å². The molecule has 3 aliphatic heterocycles. The number of amides is 1. The molecule has 7 rings (SSSR count). The molecule has 0 unspecified atom stereocenters. The van der Waals surface area contributed by atoms with Crippen LogP contribution in [0.1, 0.15) is 55.2 Å². The maximum absolute atomic E-state index is 14.3. The SMILES string of the molecule is CCN(C(=O)c1cc(F)ccc1Oc1cncnc1N1CC2(CC(Oc3ccnc4c3CN(C[C@@H]3CNCCO3)CC4)C2)C1)C(C)C. The summed E-state index contributed by atoms with van der Waals surface area (Å²) < 4.78 is 33.1. The van der Waals surface area contributed by atoms with E-state index < -0.39 is 5.82 Å². The van der Waals surface area contributed by atoms with Gasteiger partial charge in [-0.25, -0.2) is 14.4 Å². The van der Waals surface area contributed by atoms with Crippen molar-refractivity contribution in [2.75, 3.05) is 57.3 Å². The van der Waals surface area contributed by atoms with Crippen molar-refractivity contribution in [1.29, 1.82) is 0 Å². The van der Waals surface area contributed by atoms with E-state index in [1.165, 1.54) is 30.1 Å². The molecule has 1 aliphatic carbocycles. The molecule has 1 N–H and O–H groups in total. The highest BCUT2D eigenvalue weighted by Crippen LogP contribution is 2.52. The van der Waals surface area contributed by atoms with Gasteiger partial charge in [0.05, 0.1) is 24.5 Å². The highest BCUT2D eigenvalue weighted by Gasteiger charge is 2.54. The van der Waals surface area contributed by atoms with Gasteiger partial charge in [0.25, 0.3) is 5.91 Å². The molecule has 5 heterocycles. The van der Waals surface area contributed by atoms with Gasteiger partial charge in [0.15, 0.2) is 11.6 Å². The summed E-state index contributed by atoms with van der Waals surface area (Å²) >= 11 is 0. The molecule has 47 heavy (non-hydrogen) atoms. The fourth-order valence-electron chi connectivity index (χ4n) is 7.49. The number of nitrogens with one attached hydrogen (secondary N) is 1. The molecule has 2 aromatic heterocycles. The van der Waals surface area contributed by atoms with E-state index in [2.05, 4.69) is 30.1 Å². The van der Waals surface area contributed by atoms with E-state index in [9.17, 15) is 9.18 Å². The van der Waals surface area contributed by atoms with Crippen LogP contribution in [0.2, 0.25) is 0 Å². The quantitative estimate of drug-likeness (QED) is 0.347. The molecule has 250 valence electrons. The summed E-state index contributed by atoms with van der Waals surface area (Å²) in [4.78, 5) is 33.1. The largest absolute Gasteiger partial charge is 0.490 e. The number of benzene rings is 1. The zero-order chi connectivity index (χ0) is 32.5. The van der Waals surface area contributed by atoms with Crippen molar-refractivity contribution in [2.24, 2.45) is 5.41 Å². The normalized spacial score (nSPS) is 20.8. The molecule has 3 fully saturated rings. The van der Waals surface area contributed by atoms with Gasteiger partial charge in [-0.15, -0.1) is 0 Å². The Morgan fingerprint density at radius 1 is 1.19 bits per heavy atom. The highest BCUT2D eigenvalue weighted by molar-refractivity contribution is 5.97. The number of anilines is 1. The second-order valence-electron chi connectivity index (χ2n) is 13.6. The smallest absolute Gasteiger partial charge is 0.257 e. The first-order valence-corrected chi connectivity index (χ1v) is 16.8. The zero-order valence-corrected chi connectivity index (χ0v) is 27.5. The minimum absolute atomic E-state index is 0.0374. The number of hydrogen-bond acceptors (Lipinski definition) is 10. The maximum Gasteiger partial charge on any atom is 0.257 e.